The van der Waals surface area contributed by atoms with Gasteiger partial charge in [0.15, 0.2) is 0 Å². The predicted molar refractivity (Wildman–Crippen MR) is 117 cm³/mol. The third-order valence-corrected chi connectivity index (χ3v) is 6.13. The van der Waals surface area contributed by atoms with Crippen molar-refractivity contribution < 1.29 is 4.79 Å². The highest BCUT2D eigenvalue weighted by Crippen LogP contribution is 2.29. The highest BCUT2D eigenvalue weighted by atomic mass is 16.2. The fourth-order valence-corrected chi connectivity index (χ4v) is 4.47. The van der Waals surface area contributed by atoms with Gasteiger partial charge in [0.05, 0.1) is 0 Å². The summed E-state index contributed by atoms with van der Waals surface area (Å²) in [6.45, 7) is 0.738. The highest BCUT2D eigenvalue weighted by Gasteiger charge is 2.17. The number of carbonyl (C=O) groups excluding carboxylic acids is 1. The van der Waals surface area contributed by atoms with Gasteiger partial charge in [0, 0.05) is 49.5 Å². The molecule has 2 heterocycles. The molecule has 1 saturated carbocycles. The van der Waals surface area contributed by atoms with Crippen LogP contribution in [-0.2, 0) is 6.54 Å². The SMILES string of the molecule is CN(C)C(=O)c1cccc(-c2cn(CCC3CCCCC3)c(=O)c3[nH]ccc23)c1. The van der Waals surface area contributed by atoms with Crippen molar-refractivity contribution in [2.24, 2.45) is 5.92 Å². The molecule has 0 spiro atoms. The van der Waals surface area contributed by atoms with Crippen LogP contribution in [0.4, 0.5) is 0 Å². The van der Waals surface area contributed by atoms with Crippen LogP contribution in [0, 0.1) is 5.92 Å². The summed E-state index contributed by atoms with van der Waals surface area (Å²) in [5.74, 6) is 0.697. The quantitative estimate of drug-likeness (QED) is 0.687. The van der Waals surface area contributed by atoms with Crippen molar-refractivity contribution in [2.75, 3.05) is 14.1 Å². The molecule has 2 aromatic heterocycles. The molecular weight excluding hydrogens is 362 g/mol. The second-order valence-electron chi connectivity index (χ2n) is 8.38. The average Bonchev–Trinajstić information content (AvgIpc) is 3.24. The van der Waals surface area contributed by atoms with E-state index in [1.165, 1.54) is 32.1 Å². The van der Waals surface area contributed by atoms with Crippen LogP contribution < -0.4 is 5.56 Å². The standard InChI is InChI=1S/C24H29N3O2/c1-26(2)23(28)19-10-6-9-18(15-19)21-16-27(14-12-17-7-4-3-5-8-17)24(29)22-20(21)11-13-25-22/h6,9-11,13,15-17,25H,3-5,7-8,12,14H2,1-2H3. The summed E-state index contributed by atoms with van der Waals surface area (Å²) in [6.07, 6.45) is 11.4. The Hall–Kier alpha value is -2.82. The van der Waals surface area contributed by atoms with Crippen molar-refractivity contribution in [3.8, 4) is 11.1 Å². The van der Waals surface area contributed by atoms with Crippen molar-refractivity contribution in [3.05, 3.63) is 58.6 Å². The molecule has 1 N–H and O–H groups in total. The second-order valence-corrected chi connectivity index (χ2v) is 8.38. The molecular formula is C24H29N3O2. The molecule has 0 atom stereocenters. The molecule has 1 aromatic carbocycles. The van der Waals surface area contributed by atoms with Gasteiger partial charge in [-0.3, -0.25) is 9.59 Å². The fraction of sp³-hybridized carbons (Fsp3) is 0.417. The molecule has 0 unspecified atom stereocenters. The van der Waals surface area contributed by atoms with Crippen LogP contribution in [0.15, 0.2) is 47.5 Å². The van der Waals surface area contributed by atoms with Crippen molar-refractivity contribution in [1.29, 1.82) is 0 Å². The monoisotopic (exact) mass is 391 g/mol. The summed E-state index contributed by atoms with van der Waals surface area (Å²) >= 11 is 0. The van der Waals surface area contributed by atoms with Gasteiger partial charge in [-0.15, -0.1) is 0 Å². The molecule has 1 aliphatic rings. The van der Waals surface area contributed by atoms with E-state index in [-0.39, 0.29) is 11.5 Å². The third kappa shape index (κ3) is 4.00. The molecule has 5 nitrogen and oxygen atoms in total. The van der Waals surface area contributed by atoms with Crippen LogP contribution in [0.5, 0.6) is 0 Å². The lowest BCUT2D eigenvalue weighted by Gasteiger charge is -2.22. The van der Waals surface area contributed by atoms with E-state index in [2.05, 4.69) is 4.98 Å². The van der Waals surface area contributed by atoms with Crippen molar-refractivity contribution >= 4 is 16.8 Å². The first kappa shape index (κ1) is 19.5. The maximum absolute atomic E-state index is 13.0. The van der Waals surface area contributed by atoms with Crippen molar-refractivity contribution in [3.63, 3.8) is 0 Å². The lowest BCUT2D eigenvalue weighted by atomic mass is 9.87. The van der Waals surface area contributed by atoms with Crippen LogP contribution in [-0.4, -0.2) is 34.5 Å². The lowest BCUT2D eigenvalue weighted by Crippen LogP contribution is -2.22. The number of nitrogens with zero attached hydrogens (tertiary/aromatic N) is 2. The van der Waals surface area contributed by atoms with Gasteiger partial charge >= 0.3 is 0 Å². The molecule has 0 radical (unpaired) electrons. The molecule has 0 aliphatic heterocycles. The van der Waals surface area contributed by atoms with E-state index in [0.717, 1.165) is 35.4 Å². The Bertz CT molecular complexity index is 1070. The number of nitrogens with one attached hydrogen (secondary N) is 1. The maximum atomic E-state index is 13.0. The number of carbonyl (C=O) groups is 1. The second kappa shape index (κ2) is 8.27. The van der Waals surface area contributed by atoms with Gasteiger partial charge < -0.3 is 14.5 Å². The Labute approximate surface area is 171 Å². The summed E-state index contributed by atoms with van der Waals surface area (Å²) in [7, 11) is 3.51. The van der Waals surface area contributed by atoms with E-state index < -0.39 is 0 Å². The number of pyridine rings is 1. The Morgan fingerprint density at radius 2 is 1.97 bits per heavy atom. The summed E-state index contributed by atoms with van der Waals surface area (Å²) < 4.78 is 1.85. The number of amides is 1. The molecule has 1 amide bonds. The van der Waals surface area contributed by atoms with Gasteiger partial charge in [-0.25, -0.2) is 0 Å². The molecule has 4 rings (SSSR count). The minimum Gasteiger partial charge on any atom is -0.357 e. The summed E-state index contributed by atoms with van der Waals surface area (Å²) in [6, 6.07) is 9.60. The van der Waals surface area contributed by atoms with Crippen molar-refractivity contribution in [1.82, 2.24) is 14.5 Å². The Balaban J connectivity index is 1.72. The van der Waals surface area contributed by atoms with E-state index in [9.17, 15) is 9.59 Å². The molecule has 0 bridgehead atoms. The minimum absolute atomic E-state index is 0.0252. The number of aromatic amines is 1. The maximum Gasteiger partial charge on any atom is 0.274 e. The number of aryl methyl sites for hydroxylation is 1. The van der Waals surface area contributed by atoms with Gasteiger partial charge in [0.1, 0.15) is 5.52 Å². The summed E-state index contributed by atoms with van der Waals surface area (Å²) in [5, 5.41) is 0.901. The number of H-pyrrole nitrogens is 1. The number of fused-ring (bicyclic) bond motifs is 1. The summed E-state index contributed by atoms with van der Waals surface area (Å²) in [5.41, 5.74) is 3.25. The average molecular weight is 392 g/mol. The van der Waals surface area contributed by atoms with E-state index in [1.54, 1.807) is 19.0 Å². The smallest absolute Gasteiger partial charge is 0.274 e. The van der Waals surface area contributed by atoms with Gasteiger partial charge in [-0.2, -0.15) is 0 Å². The fourth-order valence-electron chi connectivity index (χ4n) is 4.47. The number of rotatable bonds is 5. The van der Waals surface area contributed by atoms with Gasteiger partial charge in [0.2, 0.25) is 0 Å². The van der Waals surface area contributed by atoms with E-state index in [0.29, 0.717) is 11.1 Å². The van der Waals surface area contributed by atoms with Crippen LogP contribution in [0.25, 0.3) is 22.0 Å². The molecule has 29 heavy (non-hydrogen) atoms. The number of hydrogen-bond acceptors (Lipinski definition) is 2. The zero-order chi connectivity index (χ0) is 20.4. The Morgan fingerprint density at radius 3 is 2.72 bits per heavy atom. The first-order valence-corrected chi connectivity index (χ1v) is 10.6. The van der Waals surface area contributed by atoms with E-state index in [1.807, 2.05) is 47.3 Å². The molecule has 5 heteroatoms. The molecule has 152 valence electrons. The number of aromatic nitrogens is 2. The van der Waals surface area contributed by atoms with Crippen LogP contribution in [0.2, 0.25) is 0 Å². The lowest BCUT2D eigenvalue weighted by molar-refractivity contribution is 0.0827. The van der Waals surface area contributed by atoms with Crippen LogP contribution >= 0.6 is 0 Å². The zero-order valence-corrected chi connectivity index (χ0v) is 17.3. The van der Waals surface area contributed by atoms with E-state index >= 15 is 0 Å². The minimum atomic E-state index is -0.0252. The van der Waals surface area contributed by atoms with Gasteiger partial charge in [-0.05, 0) is 36.1 Å². The number of benzene rings is 1. The van der Waals surface area contributed by atoms with Gasteiger partial charge in [-0.1, -0.05) is 44.2 Å². The number of hydrogen-bond donors (Lipinski definition) is 1. The van der Waals surface area contributed by atoms with E-state index in [4.69, 9.17) is 0 Å². The topological polar surface area (TPSA) is 58.1 Å². The Morgan fingerprint density at radius 1 is 1.17 bits per heavy atom. The van der Waals surface area contributed by atoms with Crippen molar-refractivity contribution in [2.45, 2.75) is 45.1 Å². The Kier molecular flexibility index (Phi) is 5.56. The van der Waals surface area contributed by atoms with Crippen LogP contribution in [0.1, 0.15) is 48.9 Å². The highest BCUT2D eigenvalue weighted by molar-refractivity contribution is 5.98. The van der Waals surface area contributed by atoms with Crippen LogP contribution in [0.3, 0.4) is 0 Å². The molecule has 1 fully saturated rings. The third-order valence-electron chi connectivity index (χ3n) is 6.13. The molecule has 3 aromatic rings. The first-order chi connectivity index (χ1) is 14.0. The van der Waals surface area contributed by atoms with Gasteiger partial charge in [0.25, 0.3) is 11.5 Å². The zero-order valence-electron chi connectivity index (χ0n) is 17.3. The predicted octanol–water partition coefficient (Wildman–Crippen LogP) is 4.67. The molecule has 1 aliphatic carbocycles. The summed E-state index contributed by atoms with van der Waals surface area (Å²) in [4.78, 5) is 30.1. The largest absolute Gasteiger partial charge is 0.357 e. The normalized spacial score (nSPS) is 15.0. The first-order valence-electron chi connectivity index (χ1n) is 10.6. The molecule has 0 saturated heterocycles.